The maximum atomic E-state index is 13.0. The maximum absolute atomic E-state index is 13.0. The number of carbonyl (C=O) groups is 2. The number of hydrogen-bond donors (Lipinski definition) is 0. The second-order valence-corrected chi connectivity index (χ2v) is 11.9. The van der Waals surface area contributed by atoms with Gasteiger partial charge >= 0.3 is 11.9 Å². The van der Waals surface area contributed by atoms with E-state index in [-0.39, 0.29) is 31.5 Å². The third-order valence-electron chi connectivity index (χ3n) is 6.71. The predicted molar refractivity (Wildman–Crippen MR) is 148 cm³/mol. The molecular weight excluding hydrogens is 522 g/mol. The summed E-state index contributed by atoms with van der Waals surface area (Å²) in [6.45, 7) is 0.629. The van der Waals surface area contributed by atoms with Crippen LogP contribution in [0.4, 0.5) is 0 Å². The van der Waals surface area contributed by atoms with E-state index < -0.39 is 20.6 Å². The van der Waals surface area contributed by atoms with Gasteiger partial charge in [0.2, 0.25) is 0 Å². The van der Waals surface area contributed by atoms with Crippen LogP contribution in [-0.4, -0.2) is 63.3 Å². The molecule has 2 aromatic rings. The van der Waals surface area contributed by atoms with E-state index in [0.29, 0.717) is 50.9 Å². The molecule has 0 saturated heterocycles. The minimum Gasteiger partial charge on any atom is -0.489 e. The summed E-state index contributed by atoms with van der Waals surface area (Å²) in [6.07, 6.45) is 8.10. The Morgan fingerprint density at radius 1 is 0.923 bits per heavy atom. The zero-order chi connectivity index (χ0) is 28.6. The standard InChI is InChI=1S/C29H41NO8S/c1-35-27(31)17-9-4-5-10-18-29(28(32)36-2,39(3,33)34)19-11-15-26(23-38-25-16-12-20-30-21-25)37-22-24-13-7-6-8-14-24/h6-8,12-14,16,20-21,26H,4-5,9-11,15,17-19,22-23H2,1-3H3. The van der Waals surface area contributed by atoms with Crippen LogP contribution in [-0.2, 0) is 40.2 Å². The number of nitrogens with zero attached hydrogens (tertiary/aromatic N) is 1. The molecule has 216 valence electrons. The Kier molecular flexibility index (Phi) is 13.9. The molecule has 1 aromatic carbocycles. The number of ether oxygens (including phenoxy) is 4. The first kappa shape index (κ1) is 32.2. The van der Waals surface area contributed by atoms with Gasteiger partial charge in [-0.15, -0.1) is 0 Å². The largest absolute Gasteiger partial charge is 0.489 e. The number of sulfone groups is 1. The zero-order valence-electron chi connectivity index (χ0n) is 23.2. The molecule has 0 saturated carbocycles. The number of aromatic nitrogens is 1. The molecule has 0 N–H and O–H groups in total. The lowest BCUT2D eigenvalue weighted by Crippen LogP contribution is -2.47. The quantitative estimate of drug-likeness (QED) is 0.177. The molecule has 0 amide bonds. The van der Waals surface area contributed by atoms with Gasteiger partial charge in [0.05, 0.1) is 33.1 Å². The van der Waals surface area contributed by atoms with Gasteiger partial charge in [-0.05, 0) is 49.8 Å². The third-order valence-corrected chi connectivity index (χ3v) is 8.71. The average molecular weight is 564 g/mol. The molecule has 0 bridgehead atoms. The van der Waals surface area contributed by atoms with Gasteiger partial charge in [0.1, 0.15) is 12.4 Å². The molecule has 2 rings (SSSR count). The van der Waals surface area contributed by atoms with Crippen molar-refractivity contribution < 1.29 is 37.0 Å². The lowest BCUT2D eigenvalue weighted by Gasteiger charge is -2.30. The lowest BCUT2D eigenvalue weighted by atomic mass is 9.93. The first-order chi connectivity index (χ1) is 18.7. The highest BCUT2D eigenvalue weighted by Crippen LogP contribution is 2.32. The highest BCUT2D eigenvalue weighted by molar-refractivity contribution is 7.92. The van der Waals surface area contributed by atoms with E-state index in [1.807, 2.05) is 30.3 Å². The van der Waals surface area contributed by atoms with Gasteiger partial charge in [-0.3, -0.25) is 14.6 Å². The number of hydrogen-bond acceptors (Lipinski definition) is 9. The van der Waals surface area contributed by atoms with Crippen molar-refractivity contribution in [1.82, 2.24) is 4.98 Å². The fraction of sp³-hybridized carbons (Fsp3) is 0.552. The molecule has 2 atom stereocenters. The summed E-state index contributed by atoms with van der Waals surface area (Å²) in [5, 5.41) is 0. The number of pyridine rings is 1. The Labute approximate surface area is 232 Å². The predicted octanol–water partition coefficient (Wildman–Crippen LogP) is 4.69. The number of methoxy groups -OCH3 is 2. The average Bonchev–Trinajstić information content (AvgIpc) is 2.94. The molecule has 1 heterocycles. The fourth-order valence-corrected chi connectivity index (χ4v) is 5.83. The van der Waals surface area contributed by atoms with Crippen LogP contribution in [0.25, 0.3) is 0 Å². The van der Waals surface area contributed by atoms with Gasteiger partial charge in [-0.25, -0.2) is 8.42 Å². The van der Waals surface area contributed by atoms with E-state index in [1.165, 1.54) is 14.2 Å². The second kappa shape index (κ2) is 16.9. The van der Waals surface area contributed by atoms with Gasteiger partial charge in [-0.1, -0.05) is 49.6 Å². The Morgan fingerprint density at radius 3 is 2.28 bits per heavy atom. The van der Waals surface area contributed by atoms with Crippen LogP contribution in [0.5, 0.6) is 5.75 Å². The number of benzene rings is 1. The summed E-state index contributed by atoms with van der Waals surface area (Å²) < 4.78 is 46.0. The van der Waals surface area contributed by atoms with Gasteiger partial charge in [-0.2, -0.15) is 0 Å². The fourth-order valence-electron chi connectivity index (χ4n) is 4.41. The third kappa shape index (κ3) is 11.0. The first-order valence-corrected chi connectivity index (χ1v) is 15.1. The summed E-state index contributed by atoms with van der Waals surface area (Å²) >= 11 is 0. The van der Waals surface area contributed by atoms with Crippen LogP contribution in [0.1, 0.15) is 63.4 Å². The molecule has 0 fully saturated rings. The highest BCUT2D eigenvalue weighted by Gasteiger charge is 2.48. The molecule has 0 radical (unpaired) electrons. The molecule has 0 aliphatic rings. The summed E-state index contributed by atoms with van der Waals surface area (Å²) in [6, 6.07) is 13.3. The molecule has 10 heteroatoms. The van der Waals surface area contributed by atoms with Crippen LogP contribution in [0, 0.1) is 0 Å². The SMILES string of the molecule is COC(=O)CCCCCCC(CCCC(COc1cccnc1)OCc1ccccc1)(C(=O)OC)S(C)(=O)=O. The van der Waals surface area contributed by atoms with Gasteiger partial charge in [0, 0.05) is 18.9 Å². The van der Waals surface area contributed by atoms with E-state index in [9.17, 15) is 18.0 Å². The summed E-state index contributed by atoms with van der Waals surface area (Å²) in [7, 11) is -1.22. The highest BCUT2D eigenvalue weighted by atomic mass is 32.2. The van der Waals surface area contributed by atoms with E-state index >= 15 is 0 Å². The van der Waals surface area contributed by atoms with Crippen LogP contribution >= 0.6 is 0 Å². The van der Waals surface area contributed by atoms with Gasteiger partial charge in [0.25, 0.3) is 0 Å². The molecule has 9 nitrogen and oxygen atoms in total. The number of esters is 2. The van der Waals surface area contributed by atoms with Gasteiger partial charge < -0.3 is 18.9 Å². The molecule has 1 aromatic heterocycles. The maximum Gasteiger partial charge on any atom is 0.327 e. The minimum absolute atomic E-state index is 0.110. The van der Waals surface area contributed by atoms with Crippen molar-refractivity contribution in [3.8, 4) is 5.75 Å². The van der Waals surface area contributed by atoms with Crippen LogP contribution < -0.4 is 4.74 Å². The van der Waals surface area contributed by atoms with Crippen molar-refractivity contribution in [2.75, 3.05) is 27.1 Å². The van der Waals surface area contributed by atoms with Crippen molar-refractivity contribution >= 4 is 21.8 Å². The summed E-state index contributed by atoms with van der Waals surface area (Å²) in [5.74, 6) is -0.405. The lowest BCUT2D eigenvalue weighted by molar-refractivity contribution is -0.144. The topological polar surface area (TPSA) is 118 Å². The van der Waals surface area contributed by atoms with Crippen molar-refractivity contribution in [2.24, 2.45) is 0 Å². The Bertz CT molecular complexity index is 1050. The molecule has 0 aliphatic heterocycles. The van der Waals surface area contributed by atoms with Crippen molar-refractivity contribution in [1.29, 1.82) is 0 Å². The summed E-state index contributed by atoms with van der Waals surface area (Å²) in [5.41, 5.74) is 1.01. The molecule has 39 heavy (non-hydrogen) atoms. The summed E-state index contributed by atoms with van der Waals surface area (Å²) in [4.78, 5) is 28.3. The Balaban J connectivity index is 2.04. The molecule has 2 unspecified atom stereocenters. The number of rotatable bonds is 19. The number of carbonyl (C=O) groups excluding carboxylic acids is 2. The minimum atomic E-state index is -3.79. The smallest absolute Gasteiger partial charge is 0.327 e. The molecular formula is C29H41NO8S. The monoisotopic (exact) mass is 563 g/mol. The first-order valence-electron chi connectivity index (χ1n) is 13.2. The second-order valence-electron chi connectivity index (χ2n) is 9.56. The zero-order valence-corrected chi connectivity index (χ0v) is 24.0. The molecule has 0 aliphatic carbocycles. The van der Waals surface area contributed by atoms with Gasteiger partial charge in [0.15, 0.2) is 14.6 Å². The van der Waals surface area contributed by atoms with Crippen LogP contribution in [0.15, 0.2) is 54.9 Å². The van der Waals surface area contributed by atoms with Crippen LogP contribution in [0.3, 0.4) is 0 Å². The van der Waals surface area contributed by atoms with Crippen molar-refractivity contribution in [3.05, 3.63) is 60.4 Å². The molecule has 0 spiro atoms. The Morgan fingerprint density at radius 2 is 1.64 bits per heavy atom. The Hall–Kier alpha value is -2.98. The van der Waals surface area contributed by atoms with Crippen molar-refractivity contribution in [2.45, 2.75) is 75.2 Å². The van der Waals surface area contributed by atoms with E-state index in [0.717, 1.165) is 18.2 Å². The number of unbranched alkanes of at least 4 members (excludes halogenated alkanes) is 3. The van der Waals surface area contributed by atoms with E-state index in [4.69, 9.17) is 14.2 Å². The van der Waals surface area contributed by atoms with Crippen LogP contribution in [0.2, 0.25) is 0 Å². The van der Waals surface area contributed by atoms with E-state index in [2.05, 4.69) is 9.72 Å². The van der Waals surface area contributed by atoms with Crippen molar-refractivity contribution in [3.63, 3.8) is 0 Å². The normalized spacial score (nSPS) is 13.7. The van der Waals surface area contributed by atoms with E-state index in [1.54, 1.807) is 24.5 Å².